The molecule has 0 bridgehead atoms. The lowest BCUT2D eigenvalue weighted by Gasteiger charge is -2.35. The van der Waals surface area contributed by atoms with Crippen LogP contribution in [0.15, 0.2) is 65.3 Å². The number of thiazole rings is 1. The van der Waals surface area contributed by atoms with Gasteiger partial charge in [0, 0.05) is 37.8 Å². The number of nitrogens with zero attached hydrogens (tertiary/aromatic N) is 5. The van der Waals surface area contributed by atoms with Crippen LogP contribution in [0.5, 0.6) is 0 Å². The predicted octanol–water partition coefficient (Wildman–Crippen LogP) is 4.33. The van der Waals surface area contributed by atoms with Crippen LogP contribution in [0, 0.1) is 5.82 Å². The third kappa shape index (κ3) is 4.58. The Morgan fingerprint density at radius 2 is 1.81 bits per heavy atom. The minimum absolute atomic E-state index is 0.128. The predicted molar refractivity (Wildman–Crippen MR) is 127 cm³/mol. The van der Waals surface area contributed by atoms with Crippen LogP contribution in [0.2, 0.25) is 0 Å². The van der Waals surface area contributed by atoms with Gasteiger partial charge in [0.15, 0.2) is 4.34 Å². The van der Waals surface area contributed by atoms with Crippen molar-refractivity contribution in [3.8, 4) is 11.3 Å². The highest BCUT2D eigenvalue weighted by molar-refractivity contribution is 8.01. The molecule has 1 aliphatic rings. The van der Waals surface area contributed by atoms with Gasteiger partial charge in [-0.25, -0.2) is 19.3 Å². The van der Waals surface area contributed by atoms with Gasteiger partial charge in [0.1, 0.15) is 18.0 Å². The van der Waals surface area contributed by atoms with Crippen LogP contribution in [0.25, 0.3) is 21.5 Å². The number of para-hydroxylation sites is 1. The standard InChI is InChI=1S/C23H20FN5OS2/c24-17-7-5-16(6-8-17)19-13-21(26-15-25-19)28-9-11-29(12-10-28)22(30)14-31-23-27-18-3-1-2-4-20(18)32-23/h1-8,13,15H,9-12,14H2. The van der Waals surface area contributed by atoms with Gasteiger partial charge < -0.3 is 9.80 Å². The maximum absolute atomic E-state index is 13.2. The molecular formula is C23H20FN5OS2. The number of anilines is 1. The summed E-state index contributed by atoms with van der Waals surface area (Å²) in [5, 5.41) is 0. The van der Waals surface area contributed by atoms with Crippen LogP contribution in [0.4, 0.5) is 10.2 Å². The molecule has 1 saturated heterocycles. The normalized spacial score (nSPS) is 14.2. The van der Waals surface area contributed by atoms with Crippen LogP contribution in [0.1, 0.15) is 0 Å². The molecule has 162 valence electrons. The number of carbonyl (C=O) groups is 1. The molecule has 9 heteroatoms. The average molecular weight is 466 g/mol. The summed E-state index contributed by atoms with van der Waals surface area (Å²) in [6.45, 7) is 2.71. The quantitative estimate of drug-likeness (QED) is 0.409. The maximum atomic E-state index is 13.2. The van der Waals surface area contributed by atoms with E-state index in [-0.39, 0.29) is 11.7 Å². The van der Waals surface area contributed by atoms with E-state index in [4.69, 9.17) is 0 Å². The van der Waals surface area contributed by atoms with Gasteiger partial charge in [0.25, 0.3) is 0 Å². The third-order valence-electron chi connectivity index (χ3n) is 5.34. The molecule has 0 saturated carbocycles. The number of carbonyl (C=O) groups excluding carboxylic acids is 1. The zero-order chi connectivity index (χ0) is 21.9. The first-order valence-electron chi connectivity index (χ1n) is 10.2. The van der Waals surface area contributed by atoms with E-state index in [0.29, 0.717) is 31.9 Å². The fourth-order valence-electron chi connectivity index (χ4n) is 3.61. The molecule has 1 aliphatic heterocycles. The summed E-state index contributed by atoms with van der Waals surface area (Å²) in [7, 11) is 0. The molecule has 5 rings (SSSR count). The summed E-state index contributed by atoms with van der Waals surface area (Å²) in [6, 6.07) is 16.2. The molecule has 0 N–H and O–H groups in total. The second-order valence-electron chi connectivity index (χ2n) is 7.37. The zero-order valence-corrected chi connectivity index (χ0v) is 18.8. The lowest BCUT2D eigenvalue weighted by Crippen LogP contribution is -2.49. The van der Waals surface area contributed by atoms with E-state index in [2.05, 4.69) is 19.9 Å². The van der Waals surface area contributed by atoms with E-state index in [9.17, 15) is 9.18 Å². The number of aromatic nitrogens is 3. The molecule has 0 atom stereocenters. The highest BCUT2D eigenvalue weighted by Gasteiger charge is 2.22. The van der Waals surface area contributed by atoms with Crippen molar-refractivity contribution in [2.45, 2.75) is 4.34 Å². The molecule has 6 nitrogen and oxygen atoms in total. The van der Waals surface area contributed by atoms with Gasteiger partial charge in [-0.2, -0.15) is 0 Å². The fraction of sp³-hybridized carbons (Fsp3) is 0.217. The second kappa shape index (κ2) is 9.22. The summed E-state index contributed by atoms with van der Waals surface area (Å²) in [5.74, 6) is 1.06. The molecule has 4 aromatic rings. The molecule has 1 amide bonds. The Balaban J connectivity index is 1.17. The van der Waals surface area contributed by atoms with Crippen molar-refractivity contribution < 1.29 is 9.18 Å². The van der Waals surface area contributed by atoms with Crippen molar-refractivity contribution in [3.05, 3.63) is 66.7 Å². The van der Waals surface area contributed by atoms with Crippen molar-refractivity contribution in [2.75, 3.05) is 36.8 Å². The van der Waals surface area contributed by atoms with Gasteiger partial charge in [-0.15, -0.1) is 11.3 Å². The molecule has 2 aromatic heterocycles. The summed E-state index contributed by atoms with van der Waals surface area (Å²) >= 11 is 3.12. The third-order valence-corrected chi connectivity index (χ3v) is 7.51. The van der Waals surface area contributed by atoms with Gasteiger partial charge >= 0.3 is 0 Å². The van der Waals surface area contributed by atoms with E-state index < -0.39 is 0 Å². The molecule has 0 spiro atoms. The molecule has 32 heavy (non-hydrogen) atoms. The molecular weight excluding hydrogens is 445 g/mol. The Morgan fingerprint density at radius 1 is 1.03 bits per heavy atom. The van der Waals surface area contributed by atoms with Crippen molar-refractivity contribution >= 4 is 45.0 Å². The van der Waals surface area contributed by atoms with Crippen molar-refractivity contribution in [1.29, 1.82) is 0 Å². The molecule has 0 unspecified atom stereocenters. The second-order valence-corrected chi connectivity index (χ2v) is 9.63. The van der Waals surface area contributed by atoms with Crippen LogP contribution in [0.3, 0.4) is 0 Å². The van der Waals surface area contributed by atoms with E-state index in [1.165, 1.54) is 30.2 Å². The van der Waals surface area contributed by atoms with E-state index >= 15 is 0 Å². The molecule has 0 aliphatic carbocycles. The summed E-state index contributed by atoms with van der Waals surface area (Å²) in [6.07, 6.45) is 1.53. The fourth-order valence-corrected chi connectivity index (χ4v) is 5.58. The SMILES string of the molecule is O=C(CSc1nc2ccccc2s1)N1CCN(c2cc(-c3ccc(F)cc3)ncn2)CC1. The van der Waals surface area contributed by atoms with Crippen molar-refractivity contribution in [1.82, 2.24) is 19.9 Å². The minimum Gasteiger partial charge on any atom is -0.353 e. The number of thioether (sulfide) groups is 1. The summed E-state index contributed by atoms with van der Waals surface area (Å²) in [4.78, 5) is 30.1. The monoisotopic (exact) mass is 465 g/mol. The summed E-state index contributed by atoms with van der Waals surface area (Å²) in [5.41, 5.74) is 2.57. The average Bonchev–Trinajstić information content (AvgIpc) is 3.26. The highest BCUT2D eigenvalue weighted by Crippen LogP contribution is 2.29. The zero-order valence-electron chi connectivity index (χ0n) is 17.1. The van der Waals surface area contributed by atoms with Crippen LogP contribution >= 0.6 is 23.1 Å². The summed E-state index contributed by atoms with van der Waals surface area (Å²) < 4.78 is 15.3. The van der Waals surface area contributed by atoms with E-state index in [1.54, 1.807) is 23.5 Å². The first kappa shape index (κ1) is 20.8. The van der Waals surface area contributed by atoms with Gasteiger partial charge in [-0.05, 0) is 36.4 Å². The Hall–Kier alpha value is -3.04. The van der Waals surface area contributed by atoms with Gasteiger partial charge in [0.2, 0.25) is 5.91 Å². The Kier molecular flexibility index (Phi) is 6.00. The lowest BCUT2D eigenvalue weighted by molar-refractivity contribution is -0.128. The lowest BCUT2D eigenvalue weighted by atomic mass is 10.1. The first-order valence-corrected chi connectivity index (χ1v) is 12.0. The number of amides is 1. The number of rotatable bonds is 5. The largest absolute Gasteiger partial charge is 0.353 e. The number of fused-ring (bicyclic) bond motifs is 1. The molecule has 0 radical (unpaired) electrons. The van der Waals surface area contributed by atoms with Crippen LogP contribution in [-0.4, -0.2) is 57.7 Å². The number of piperazine rings is 1. The van der Waals surface area contributed by atoms with Crippen molar-refractivity contribution in [2.24, 2.45) is 0 Å². The van der Waals surface area contributed by atoms with Crippen molar-refractivity contribution in [3.63, 3.8) is 0 Å². The first-order chi connectivity index (χ1) is 15.7. The number of hydrogen-bond donors (Lipinski definition) is 0. The topological polar surface area (TPSA) is 62.2 Å². The molecule has 3 heterocycles. The minimum atomic E-state index is -0.273. The van der Waals surface area contributed by atoms with E-state index in [0.717, 1.165) is 31.6 Å². The maximum Gasteiger partial charge on any atom is 0.233 e. The van der Waals surface area contributed by atoms with Gasteiger partial charge in [-0.3, -0.25) is 4.79 Å². The van der Waals surface area contributed by atoms with Gasteiger partial charge in [0.05, 0.1) is 21.7 Å². The number of benzene rings is 2. The van der Waals surface area contributed by atoms with Crippen LogP contribution in [-0.2, 0) is 4.79 Å². The van der Waals surface area contributed by atoms with E-state index in [1.807, 2.05) is 35.2 Å². The van der Waals surface area contributed by atoms with Crippen LogP contribution < -0.4 is 4.90 Å². The van der Waals surface area contributed by atoms with Gasteiger partial charge in [-0.1, -0.05) is 23.9 Å². The smallest absolute Gasteiger partial charge is 0.233 e. The Labute approximate surface area is 193 Å². The Bertz CT molecular complexity index is 1210. The molecule has 2 aromatic carbocycles. The number of hydrogen-bond acceptors (Lipinski definition) is 7. The molecule has 1 fully saturated rings. The highest BCUT2D eigenvalue weighted by atomic mass is 32.2. The Morgan fingerprint density at radius 3 is 2.59 bits per heavy atom. The number of halogens is 1.